The van der Waals surface area contributed by atoms with E-state index < -0.39 is 6.16 Å². The second kappa shape index (κ2) is 4.87. The molecule has 13 heavy (non-hydrogen) atoms. The van der Waals surface area contributed by atoms with Crippen LogP contribution in [0.2, 0.25) is 0 Å². The van der Waals surface area contributed by atoms with Crippen LogP contribution in [0.4, 0.5) is 4.79 Å². The summed E-state index contributed by atoms with van der Waals surface area (Å²) in [5.74, 6) is 0.459. The van der Waals surface area contributed by atoms with E-state index in [0.717, 1.165) is 4.47 Å². The van der Waals surface area contributed by atoms with E-state index in [4.69, 9.17) is 4.74 Å². The molecule has 1 aromatic rings. The predicted molar refractivity (Wildman–Crippen MR) is 51.8 cm³/mol. The van der Waals surface area contributed by atoms with E-state index >= 15 is 0 Å². The van der Waals surface area contributed by atoms with Crippen molar-refractivity contribution in [3.05, 3.63) is 28.7 Å². The van der Waals surface area contributed by atoms with Gasteiger partial charge in [-0.2, -0.15) is 0 Å². The zero-order valence-corrected chi connectivity index (χ0v) is 8.71. The molecule has 0 N–H and O–H groups in total. The summed E-state index contributed by atoms with van der Waals surface area (Å²) in [6.07, 6.45) is -0.686. The number of hydrogen-bond donors (Lipinski definition) is 0. The molecule has 0 aliphatic carbocycles. The first-order valence-electron chi connectivity index (χ1n) is 3.83. The van der Waals surface area contributed by atoms with Crippen LogP contribution in [0.15, 0.2) is 28.7 Å². The van der Waals surface area contributed by atoms with E-state index in [1.807, 2.05) is 6.07 Å². The highest BCUT2D eigenvalue weighted by Crippen LogP contribution is 2.23. The molecular formula is C9H9BrO3. The molecule has 0 amide bonds. The molecule has 0 radical (unpaired) electrons. The number of carbonyl (C=O) groups excluding carboxylic acids is 1. The number of halogens is 1. The van der Waals surface area contributed by atoms with Gasteiger partial charge in [0, 0.05) is 0 Å². The Bertz CT molecular complexity index is 299. The number of para-hydroxylation sites is 1. The third-order valence-electron chi connectivity index (χ3n) is 1.29. The van der Waals surface area contributed by atoms with Crippen LogP contribution < -0.4 is 4.74 Å². The maximum Gasteiger partial charge on any atom is 0.513 e. The number of ether oxygens (including phenoxy) is 2. The van der Waals surface area contributed by atoms with E-state index in [1.165, 1.54) is 0 Å². The molecule has 1 aromatic carbocycles. The molecule has 0 aliphatic rings. The van der Waals surface area contributed by atoms with Crippen molar-refractivity contribution in [2.45, 2.75) is 6.92 Å². The molecular weight excluding hydrogens is 236 g/mol. The fourth-order valence-electron chi connectivity index (χ4n) is 0.765. The highest BCUT2D eigenvalue weighted by Gasteiger charge is 2.06. The molecule has 70 valence electrons. The second-order valence-electron chi connectivity index (χ2n) is 2.22. The van der Waals surface area contributed by atoms with Crippen LogP contribution in [-0.2, 0) is 4.74 Å². The van der Waals surface area contributed by atoms with Crippen molar-refractivity contribution in [2.24, 2.45) is 0 Å². The smallest absolute Gasteiger partial charge is 0.434 e. The van der Waals surface area contributed by atoms with Gasteiger partial charge in [-0.25, -0.2) is 4.79 Å². The minimum Gasteiger partial charge on any atom is -0.434 e. The van der Waals surface area contributed by atoms with Crippen molar-refractivity contribution in [1.82, 2.24) is 0 Å². The summed E-state index contributed by atoms with van der Waals surface area (Å²) in [7, 11) is 0. The van der Waals surface area contributed by atoms with Crippen LogP contribution in [0.5, 0.6) is 5.75 Å². The lowest BCUT2D eigenvalue weighted by Crippen LogP contribution is -2.10. The molecule has 0 unspecified atom stereocenters. The Morgan fingerprint density at radius 3 is 2.77 bits per heavy atom. The Morgan fingerprint density at radius 2 is 2.15 bits per heavy atom. The molecule has 0 atom stereocenters. The zero-order valence-electron chi connectivity index (χ0n) is 7.12. The van der Waals surface area contributed by atoms with Crippen LogP contribution >= 0.6 is 15.9 Å². The first kappa shape index (κ1) is 10.1. The Balaban J connectivity index is 2.63. The Kier molecular flexibility index (Phi) is 3.76. The second-order valence-corrected chi connectivity index (χ2v) is 3.07. The number of rotatable bonds is 2. The van der Waals surface area contributed by atoms with Crippen molar-refractivity contribution >= 4 is 22.1 Å². The normalized spacial score (nSPS) is 9.38. The largest absolute Gasteiger partial charge is 0.513 e. The van der Waals surface area contributed by atoms with Crippen LogP contribution in [0, 0.1) is 0 Å². The number of benzene rings is 1. The standard InChI is InChI=1S/C9H9BrO3/c1-2-12-9(11)13-8-6-4-3-5-7(8)10/h3-6H,2H2,1H3. The van der Waals surface area contributed by atoms with Crippen LogP contribution in [0.1, 0.15) is 6.92 Å². The fraction of sp³-hybridized carbons (Fsp3) is 0.222. The molecule has 0 spiro atoms. The number of carbonyl (C=O) groups is 1. The lowest BCUT2D eigenvalue weighted by atomic mass is 10.3. The lowest BCUT2D eigenvalue weighted by molar-refractivity contribution is 0.104. The van der Waals surface area contributed by atoms with Crippen molar-refractivity contribution in [1.29, 1.82) is 0 Å². The molecule has 3 nitrogen and oxygen atoms in total. The molecule has 0 bridgehead atoms. The first-order valence-corrected chi connectivity index (χ1v) is 4.62. The first-order chi connectivity index (χ1) is 6.24. The molecule has 4 heteroatoms. The van der Waals surface area contributed by atoms with Gasteiger partial charge in [0.15, 0.2) is 0 Å². The van der Waals surface area contributed by atoms with E-state index in [-0.39, 0.29) is 0 Å². The van der Waals surface area contributed by atoms with Gasteiger partial charge in [-0.15, -0.1) is 0 Å². The highest BCUT2D eigenvalue weighted by molar-refractivity contribution is 9.10. The van der Waals surface area contributed by atoms with Gasteiger partial charge >= 0.3 is 6.16 Å². The Hall–Kier alpha value is -1.03. The van der Waals surface area contributed by atoms with Gasteiger partial charge in [0.25, 0.3) is 0 Å². The summed E-state index contributed by atoms with van der Waals surface area (Å²) in [4.78, 5) is 10.9. The molecule has 0 fully saturated rings. The fourth-order valence-corrected chi connectivity index (χ4v) is 1.13. The van der Waals surface area contributed by atoms with Crippen LogP contribution in [0.25, 0.3) is 0 Å². The van der Waals surface area contributed by atoms with Crippen LogP contribution in [0.3, 0.4) is 0 Å². The predicted octanol–water partition coefficient (Wildman–Crippen LogP) is 2.98. The van der Waals surface area contributed by atoms with Gasteiger partial charge in [-0.1, -0.05) is 12.1 Å². The van der Waals surface area contributed by atoms with E-state index in [0.29, 0.717) is 12.4 Å². The molecule has 0 aliphatic heterocycles. The van der Waals surface area contributed by atoms with E-state index in [2.05, 4.69) is 20.7 Å². The van der Waals surface area contributed by atoms with Crippen molar-refractivity contribution < 1.29 is 14.3 Å². The summed E-state index contributed by atoms with van der Waals surface area (Å²) in [6.45, 7) is 2.03. The maximum atomic E-state index is 10.9. The Morgan fingerprint density at radius 1 is 1.46 bits per heavy atom. The van der Waals surface area contributed by atoms with Crippen molar-refractivity contribution in [3.8, 4) is 5.75 Å². The lowest BCUT2D eigenvalue weighted by Gasteiger charge is -2.04. The minimum absolute atomic E-state index is 0.309. The maximum absolute atomic E-state index is 10.9. The van der Waals surface area contributed by atoms with E-state index in [1.54, 1.807) is 25.1 Å². The average molecular weight is 245 g/mol. The molecule has 1 rings (SSSR count). The van der Waals surface area contributed by atoms with Crippen LogP contribution in [-0.4, -0.2) is 12.8 Å². The van der Waals surface area contributed by atoms with Crippen molar-refractivity contribution in [3.63, 3.8) is 0 Å². The van der Waals surface area contributed by atoms with E-state index in [9.17, 15) is 4.79 Å². The summed E-state index contributed by atoms with van der Waals surface area (Å²) >= 11 is 3.24. The monoisotopic (exact) mass is 244 g/mol. The minimum atomic E-state index is -0.686. The van der Waals surface area contributed by atoms with Gasteiger partial charge in [0.2, 0.25) is 0 Å². The average Bonchev–Trinajstić information content (AvgIpc) is 2.09. The third kappa shape index (κ3) is 3.06. The summed E-state index contributed by atoms with van der Waals surface area (Å²) < 4.78 is 10.2. The summed E-state index contributed by atoms with van der Waals surface area (Å²) in [5.41, 5.74) is 0. The van der Waals surface area contributed by atoms with Gasteiger partial charge in [-0.05, 0) is 35.0 Å². The molecule has 0 saturated carbocycles. The number of hydrogen-bond acceptors (Lipinski definition) is 3. The summed E-state index contributed by atoms with van der Waals surface area (Å²) in [5, 5.41) is 0. The topological polar surface area (TPSA) is 35.5 Å². The Labute approximate surface area is 84.8 Å². The molecule has 0 heterocycles. The van der Waals surface area contributed by atoms with Gasteiger partial charge in [0.05, 0.1) is 11.1 Å². The molecule has 0 aromatic heterocycles. The van der Waals surface area contributed by atoms with Gasteiger partial charge in [0.1, 0.15) is 5.75 Å². The highest BCUT2D eigenvalue weighted by atomic mass is 79.9. The van der Waals surface area contributed by atoms with Gasteiger partial charge < -0.3 is 9.47 Å². The summed E-state index contributed by atoms with van der Waals surface area (Å²) in [6, 6.07) is 7.08. The van der Waals surface area contributed by atoms with Crippen molar-refractivity contribution in [2.75, 3.05) is 6.61 Å². The third-order valence-corrected chi connectivity index (χ3v) is 1.95. The molecule has 0 saturated heterocycles. The zero-order chi connectivity index (χ0) is 9.68. The quantitative estimate of drug-likeness (QED) is 0.593. The van der Waals surface area contributed by atoms with Gasteiger partial charge in [-0.3, -0.25) is 0 Å². The SMILES string of the molecule is CCOC(=O)Oc1ccccc1Br.